The number of hydrogen-bond donors (Lipinski definition) is 2. The molecule has 4 aromatic rings. The van der Waals surface area contributed by atoms with Gasteiger partial charge in [-0.15, -0.1) is 0 Å². The summed E-state index contributed by atoms with van der Waals surface area (Å²) >= 11 is 1.44. The molecule has 0 saturated heterocycles. The van der Waals surface area contributed by atoms with E-state index in [1.165, 1.54) is 11.5 Å². The summed E-state index contributed by atoms with van der Waals surface area (Å²) in [4.78, 5) is 4.99. The molecular weight excluding hydrogens is 396 g/mol. The molecule has 0 aliphatic rings. The van der Waals surface area contributed by atoms with Crippen molar-refractivity contribution in [3.8, 4) is 11.1 Å². The van der Waals surface area contributed by atoms with Gasteiger partial charge in [-0.3, -0.25) is 4.68 Å². The fourth-order valence-electron chi connectivity index (χ4n) is 3.30. The Morgan fingerprint density at radius 1 is 1.17 bits per heavy atom. The first kappa shape index (κ1) is 21.9. The van der Waals surface area contributed by atoms with E-state index >= 15 is 0 Å². The zero-order valence-corrected chi connectivity index (χ0v) is 19.3. The maximum absolute atomic E-state index is 4.99. The highest BCUT2D eigenvalue weighted by atomic mass is 32.1. The molecule has 4 heterocycles. The largest absolute Gasteiger partial charge is 0.331 e. The van der Waals surface area contributed by atoms with E-state index in [9.17, 15) is 0 Å². The molecule has 8 nitrogen and oxygen atoms in total. The van der Waals surface area contributed by atoms with E-state index in [0.29, 0.717) is 5.92 Å². The lowest BCUT2D eigenvalue weighted by molar-refractivity contribution is 0.597. The minimum Gasteiger partial charge on any atom is -0.331 e. The topological polar surface area (TPSA) is 85.0 Å². The van der Waals surface area contributed by atoms with Crippen molar-refractivity contribution in [3.05, 3.63) is 42.1 Å². The number of nitrogens with zero attached hydrogens (tertiary/aromatic N) is 6. The fourth-order valence-corrected chi connectivity index (χ4v) is 3.97. The summed E-state index contributed by atoms with van der Waals surface area (Å²) in [7, 11) is 3.88. The van der Waals surface area contributed by atoms with Crippen molar-refractivity contribution in [2.45, 2.75) is 40.0 Å². The normalized spacial score (nSPS) is 11.9. The van der Waals surface area contributed by atoms with E-state index in [4.69, 9.17) is 4.98 Å². The Labute approximate surface area is 181 Å². The summed E-state index contributed by atoms with van der Waals surface area (Å²) in [5.74, 6) is 1.20. The summed E-state index contributed by atoms with van der Waals surface area (Å²) in [5, 5.41) is 16.6. The van der Waals surface area contributed by atoms with Gasteiger partial charge in [0.05, 0.1) is 23.8 Å². The van der Waals surface area contributed by atoms with E-state index in [2.05, 4.69) is 38.2 Å². The van der Waals surface area contributed by atoms with Gasteiger partial charge < -0.3 is 10.6 Å². The van der Waals surface area contributed by atoms with Crippen LogP contribution in [0.2, 0.25) is 0 Å². The lowest BCUT2D eigenvalue weighted by Crippen LogP contribution is -2.18. The molecule has 0 aliphatic heterocycles. The molecule has 0 saturated carbocycles. The number of aromatic nitrogens is 6. The molecular formula is C21H30N8S. The van der Waals surface area contributed by atoms with Crippen molar-refractivity contribution in [1.29, 1.82) is 0 Å². The van der Waals surface area contributed by atoms with Gasteiger partial charge >= 0.3 is 0 Å². The zero-order valence-electron chi connectivity index (χ0n) is 18.5. The Morgan fingerprint density at radius 2 is 1.97 bits per heavy atom. The quantitative estimate of drug-likeness (QED) is 0.456. The minimum atomic E-state index is 0.315. The molecule has 1 unspecified atom stereocenters. The lowest BCUT2D eigenvalue weighted by atomic mass is 10.0. The van der Waals surface area contributed by atoms with Gasteiger partial charge in [-0.1, -0.05) is 20.8 Å². The summed E-state index contributed by atoms with van der Waals surface area (Å²) in [6.45, 7) is 9.05. The van der Waals surface area contributed by atoms with Gasteiger partial charge in [-0.2, -0.15) is 19.1 Å². The van der Waals surface area contributed by atoms with Gasteiger partial charge in [0.15, 0.2) is 5.65 Å². The van der Waals surface area contributed by atoms with Crippen LogP contribution in [0, 0.1) is 6.92 Å². The highest BCUT2D eigenvalue weighted by Crippen LogP contribution is 2.30. The van der Waals surface area contributed by atoms with Crippen LogP contribution < -0.4 is 10.6 Å². The summed E-state index contributed by atoms with van der Waals surface area (Å²) < 4.78 is 8.01. The fraction of sp³-hybridized carbons (Fsp3) is 0.429. The van der Waals surface area contributed by atoms with Gasteiger partial charge in [0, 0.05) is 42.9 Å². The second-order valence-electron chi connectivity index (χ2n) is 6.88. The Bertz CT molecular complexity index is 1090. The second kappa shape index (κ2) is 9.82. The van der Waals surface area contributed by atoms with Gasteiger partial charge in [0.25, 0.3) is 0 Å². The highest BCUT2D eigenvalue weighted by Gasteiger charge is 2.18. The first-order valence-electron chi connectivity index (χ1n) is 10.3. The van der Waals surface area contributed by atoms with Crippen LogP contribution in [0.1, 0.15) is 44.5 Å². The lowest BCUT2D eigenvalue weighted by Gasteiger charge is -2.16. The molecule has 30 heavy (non-hydrogen) atoms. The van der Waals surface area contributed by atoms with Crippen molar-refractivity contribution in [2.75, 3.05) is 18.9 Å². The van der Waals surface area contributed by atoms with Crippen molar-refractivity contribution >= 4 is 28.0 Å². The monoisotopic (exact) mass is 426 g/mol. The van der Waals surface area contributed by atoms with E-state index in [1.54, 1.807) is 4.68 Å². The Balaban J connectivity index is 0.00000124. The average molecular weight is 427 g/mol. The molecule has 0 aromatic carbocycles. The summed E-state index contributed by atoms with van der Waals surface area (Å²) in [6, 6.07) is 4.13. The molecule has 9 heteroatoms. The number of likely N-dealkylation sites (N-methyl/N-ethyl adjacent to an activating group) is 1. The summed E-state index contributed by atoms with van der Waals surface area (Å²) in [5.41, 5.74) is 4.83. The van der Waals surface area contributed by atoms with Crippen molar-refractivity contribution in [1.82, 2.24) is 34.1 Å². The SMILES string of the molecule is CC.CCC(CNC)c1cc(Nc2cc(C)ns2)n2ncc(-c3cnn(C)c3)c2n1. The maximum atomic E-state index is 4.99. The summed E-state index contributed by atoms with van der Waals surface area (Å²) in [6.07, 6.45) is 6.68. The second-order valence-corrected chi connectivity index (χ2v) is 7.69. The van der Waals surface area contributed by atoms with Crippen LogP contribution in [-0.4, -0.2) is 42.3 Å². The predicted molar refractivity (Wildman–Crippen MR) is 124 cm³/mol. The van der Waals surface area contributed by atoms with Gasteiger partial charge in [0.2, 0.25) is 0 Å². The molecule has 1 atom stereocenters. The van der Waals surface area contributed by atoms with Gasteiger partial charge in [0.1, 0.15) is 10.8 Å². The smallest absolute Gasteiger partial charge is 0.165 e. The standard InChI is InChI=1S/C19H24N8S.C2H6/c1-5-13(8-20-3)16-7-17(24-18-6-12(2)25-28-18)27-19(23-16)15(10-22-27)14-9-21-26(4)11-14;1-2/h6-7,9-11,13,20,24H,5,8H2,1-4H3;1-2H3. The van der Waals surface area contributed by atoms with Crippen molar-refractivity contribution in [2.24, 2.45) is 7.05 Å². The van der Waals surface area contributed by atoms with Crippen molar-refractivity contribution < 1.29 is 0 Å². The Hall–Kier alpha value is -2.78. The van der Waals surface area contributed by atoms with Gasteiger partial charge in [-0.05, 0) is 38.0 Å². The van der Waals surface area contributed by atoms with Crippen LogP contribution in [0.4, 0.5) is 10.8 Å². The number of fused-ring (bicyclic) bond motifs is 1. The average Bonchev–Trinajstić information content (AvgIpc) is 3.47. The molecule has 4 rings (SSSR count). The first-order valence-corrected chi connectivity index (χ1v) is 11.1. The Kier molecular flexibility index (Phi) is 7.17. The maximum Gasteiger partial charge on any atom is 0.165 e. The van der Waals surface area contributed by atoms with Crippen LogP contribution in [0.25, 0.3) is 16.8 Å². The molecule has 0 radical (unpaired) electrons. The molecule has 0 amide bonds. The van der Waals surface area contributed by atoms with Crippen molar-refractivity contribution in [3.63, 3.8) is 0 Å². The Morgan fingerprint density at radius 3 is 2.57 bits per heavy atom. The zero-order chi connectivity index (χ0) is 21.7. The number of aryl methyl sites for hydroxylation is 2. The molecule has 160 valence electrons. The first-order chi connectivity index (χ1) is 14.6. The molecule has 0 aliphatic carbocycles. The van der Waals surface area contributed by atoms with Gasteiger partial charge in [-0.25, -0.2) is 4.98 Å². The van der Waals surface area contributed by atoms with E-state index in [0.717, 1.165) is 51.9 Å². The number of hydrogen-bond acceptors (Lipinski definition) is 7. The van der Waals surface area contributed by atoms with E-state index in [1.807, 2.05) is 64.0 Å². The predicted octanol–water partition coefficient (Wildman–Crippen LogP) is 4.38. The molecule has 2 N–H and O–H groups in total. The third-order valence-corrected chi connectivity index (χ3v) is 5.54. The van der Waals surface area contributed by atoms with Crippen LogP contribution in [0.5, 0.6) is 0 Å². The van der Waals surface area contributed by atoms with E-state index < -0.39 is 0 Å². The molecule has 0 fully saturated rings. The van der Waals surface area contributed by atoms with E-state index in [-0.39, 0.29) is 0 Å². The third-order valence-electron chi connectivity index (χ3n) is 4.75. The van der Waals surface area contributed by atoms with Crippen LogP contribution in [0.3, 0.4) is 0 Å². The third kappa shape index (κ3) is 4.52. The molecule has 4 aromatic heterocycles. The van der Waals surface area contributed by atoms with Crippen LogP contribution >= 0.6 is 11.5 Å². The van der Waals surface area contributed by atoms with Crippen LogP contribution in [-0.2, 0) is 7.05 Å². The number of nitrogens with one attached hydrogen (secondary N) is 2. The highest BCUT2D eigenvalue weighted by molar-refractivity contribution is 7.10. The molecule has 0 spiro atoms. The number of anilines is 2. The van der Waals surface area contributed by atoms with Crippen LogP contribution in [0.15, 0.2) is 30.7 Å². The number of rotatable bonds is 7. The minimum absolute atomic E-state index is 0.315. The molecule has 0 bridgehead atoms.